The summed E-state index contributed by atoms with van der Waals surface area (Å²) in [6.45, 7) is 0. The largest absolute Gasteiger partial charge is 0.370 e. The smallest absolute Gasteiger partial charge is 0.184 e. The first-order valence-electron chi connectivity index (χ1n) is 7.20. The molecule has 9 heteroatoms. The topological polar surface area (TPSA) is 97.2 Å². The molecule has 1 aromatic carbocycles. The zero-order valence-electron chi connectivity index (χ0n) is 12.9. The maximum atomic E-state index is 14.8. The number of fused-ring (bicyclic) bond motifs is 1. The summed E-state index contributed by atoms with van der Waals surface area (Å²) in [4.78, 5) is 4.23. The summed E-state index contributed by atoms with van der Waals surface area (Å²) in [5.74, 6) is 0.458. The fourth-order valence-electron chi connectivity index (χ4n) is 2.61. The van der Waals surface area contributed by atoms with Crippen LogP contribution in [0.2, 0.25) is 0 Å². The van der Waals surface area contributed by atoms with E-state index in [1.165, 1.54) is 12.3 Å². The van der Waals surface area contributed by atoms with Crippen LogP contribution in [0.5, 0.6) is 0 Å². The molecule has 4 rings (SSSR count). The summed E-state index contributed by atoms with van der Waals surface area (Å²) in [7, 11) is 3.51. The number of anilines is 1. The highest BCUT2D eigenvalue weighted by molar-refractivity contribution is 6.01. The average Bonchev–Trinajstić information content (AvgIpc) is 3.23. The molecule has 0 aliphatic carbocycles. The van der Waals surface area contributed by atoms with Crippen molar-refractivity contribution in [3.63, 3.8) is 0 Å². The molecular formula is C15H13FN8. The summed E-state index contributed by atoms with van der Waals surface area (Å²) in [5, 5.41) is 22.6. The predicted octanol–water partition coefficient (Wildman–Crippen LogP) is 2.00. The number of aromatic amines is 1. The minimum atomic E-state index is -0.395. The van der Waals surface area contributed by atoms with Crippen LogP contribution >= 0.6 is 0 Å². The van der Waals surface area contributed by atoms with Gasteiger partial charge in [-0.1, -0.05) is 0 Å². The van der Waals surface area contributed by atoms with Gasteiger partial charge in [0.05, 0.1) is 24.1 Å². The van der Waals surface area contributed by atoms with Crippen LogP contribution in [0, 0.1) is 5.82 Å². The van der Waals surface area contributed by atoms with Crippen LogP contribution in [0.25, 0.3) is 33.4 Å². The summed E-state index contributed by atoms with van der Waals surface area (Å²) < 4.78 is 16.4. The van der Waals surface area contributed by atoms with Crippen molar-refractivity contribution in [1.82, 2.24) is 35.2 Å². The van der Waals surface area contributed by atoms with Crippen LogP contribution in [-0.4, -0.2) is 42.2 Å². The van der Waals surface area contributed by atoms with Crippen molar-refractivity contribution in [2.24, 2.45) is 7.05 Å². The zero-order valence-corrected chi connectivity index (χ0v) is 12.9. The Morgan fingerprint density at radius 3 is 2.75 bits per heavy atom. The lowest BCUT2D eigenvalue weighted by molar-refractivity contribution is 0.633. The second-order valence-corrected chi connectivity index (χ2v) is 5.26. The minimum absolute atomic E-state index is 0.319. The van der Waals surface area contributed by atoms with Gasteiger partial charge in [0, 0.05) is 42.4 Å². The fourth-order valence-corrected chi connectivity index (χ4v) is 2.61. The summed E-state index contributed by atoms with van der Waals surface area (Å²) in [6, 6.07) is 1.39. The molecular weight excluding hydrogens is 311 g/mol. The Balaban J connectivity index is 1.94. The summed E-state index contributed by atoms with van der Waals surface area (Å²) >= 11 is 0. The fraction of sp³-hybridized carbons (Fsp3) is 0.133. The van der Waals surface area contributed by atoms with Crippen molar-refractivity contribution in [1.29, 1.82) is 0 Å². The lowest BCUT2D eigenvalue weighted by atomic mass is 10.0. The van der Waals surface area contributed by atoms with E-state index < -0.39 is 5.82 Å². The molecule has 0 unspecified atom stereocenters. The number of nitrogens with one attached hydrogen (secondary N) is 2. The van der Waals surface area contributed by atoms with Crippen LogP contribution in [0.4, 0.5) is 10.2 Å². The molecule has 0 spiro atoms. The Morgan fingerprint density at radius 1 is 1.21 bits per heavy atom. The molecule has 2 N–H and O–H groups in total. The third-order valence-corrected chi connectivity index (χ3v) is 3.74. The van der Waals surface area contributed by atoms with Crippen molar-refractivity contribution < 1.29 is 4.39 Å². The number of aromatic nitrogens is 7. The zero-order chi connectivity index (χ0) is 16.7. The van der Waals surface area contributed by atoms with Crippen molar-refractivity contribution in [3.05, 3.63) is 36.7 Å². The van der Waals surface area contributed by atoms with E-state index in [0.29, 0.717) is 39.2 Å². The quantitative estimate of drug-likeness (QED) is 0.598. The standard InChI is InChI=1S/C15H13FN8/c1-17-12-6-18-15(23-21-12)9-3-11(16)13(8-4-20-24(2)7-8)10-5-19-22-14(9)10/h3-7H,1-2H3,(H,17,21)(H,19,22). The Bertz CT molecular complexity index is 1020. The van der Waals surface area contributed by atoms with Gasteiger partial charge in [-0.3, -0.25) is 9.78 Å². The highest BCUT2D eigenvalue weighted by atomic mass is 19.1. The number of nitrogens with zero attached hydrogens (tertiary/aromatic N) is 6. The first kappa shape index (κ1) is 14.2. The molecule has 0 saturated carbocycles. The van der Waals surface area contributed by atoms with E-state index in [9.17, 15) is 4.39 Å². The van der Waals surface area contributed by atoms with Gasteiger partial charge in [-0.15, -0.1) is 10.2 Å². The molecule has 0 aliphatic rings. The van der Waals surface area contributed by atoms with Gasteiger partial charge in [-0.2, -0.15) is 10.2 Å². The number of H-pyrrole nitrogens is 1. The van der Waals surface area contributed by atoms with Crippen molar-refractivity contribution in [2.75, 3.05) is 12.4 Å². The van der Waals surface area contributed by atoms with Gasteiger partial charge in [0.25, 0.3) is 0 Å². The summed E-state index contributed by atoms with van der Waals surface area (Å²) in [5.41, 5.74) is 2.27. The van der Waals surface area contributed by atoms with Gasteiger partial charge >= 0.3 is 0 Å². The molecule has 8 nitrogen and oxygen atoms in total. The number of halogens is 1. The molecule has 120 valence electrons. The van der Waals surface area contributed by atoms with E-state index in [1.54, 1.807) is 37.4 Å². The lowest BCUT2D eigenvalue weighted by Crippen LogP contribution is -1.99. The second-order valence-electron chi connectivity index (χ2n) is 5.26. The van der Waals surface area contributed by atoms with E-state index in [0.717, 1.165) is 0 Å². The van der Waals surface area contributed by atoms with E-state index in [4.69, 9.17) is 0 Å². The minimum Gasteiger partial charge on any atom is -0.370 e. The highest BCUT2D eigenvalue weighted by Gasteiger charge is 2.19. The third-order valence-electron chi connectivity index (χ3n) is 3.74. The van der Waals surface area contributed by atoms with Gasteiger partial charge in [-0.05, 0) is 6.07 Å². The van der Waals surface area contributed by atoms with Crippen LogP contribution in [0.3, 0.4) is 0 Å². The first-order chi connectivity index (χ1) is 11.7. The number of hydrogen-bond donors (Lipinski definition) is 2. The third kappa shape index (κ3) is 2.18. The monoisotopic (exact) mass is 324 g/mol. The number of benzene rings is 1. The van der Waals surface area contributed by atoms with Gasteiger partial charge < -0.3 is 5.32 Å². The van der Waals surface area contributed by atoms with Gasteiger partial charge in [-0.25, -0.2) is 9.37 Å². The molecule has 3 aromatic heterocycles. The molecule has 0 atom stereocenters. The SMILES string of the molecule is CNc1cnc(-c2cc(F)c(-c3cnn(C)c3)c3cn[nH]c23)nn1. The molecule has 0 bridgehead atoms. The lowest BCUT2D eigenvalue weighted by Gasteiger charge is -2.07. The van der Waals surface area contributed by atoms with E-state index in [-0.39, 0.29) is 0 Å². The van der Waals surface area contributed by atoms with E-state index in [2.05, 4.69) is 35.8 Å². The van der Waals surface area contributed by atoms with Gasteiger partial charge in [0.2, 0.25) is 0 Å². The van der Waals surface area contributed by atoms with Crippen molar-refractivity contribution in [2.45, 2.75) is 0 Å². The normalized spacial score (nSPS) is 11.1. The van der Waals surface area contributed by atoms with Crippen LogP contribution in [-0.2, 0) is 7.05 Å². The number of rotatable bonds is 3. The molecule has 24 heavy (non-hydrogen) atoms. The molecule has 3 heterocycles. The molecule has 0 amide bonds. The Morgan fingerprint density at radius 2 is 2.08 bits per heavy atom. The molecule has 4 aromatic rings. The van der Waals surface area contributed by atoms with Crippen LogP contribution in [0.15, 0.2) is 30.9 Å². The molecule has 0 saturated heterocycles. The van der Waals surface area contributed by atoms with E-state index >= 15 is 0 Å². The maximum absolute atomic E-state index is 14.8. The van der Waals surface area contributed by atoms with E-state index in [1.807, 2.05) is 0 Å². The Labute approximate surface area is 135 Å². The van der Waals surface area contributed by atoms with Crippen LogP contribution < -0.4 is 5.32 Å². The van der Waals surface area contributed by atoms with Gasteiger partial charge in [0.1, 0.15) is 5.82 Å². The van der Waals surface area contributed by atoms with Crippen LogP contribution in [0.1, 0.15) is 0 Å². The Hall–Kier alpha value is -3.36. The maximum Gasteiger partial charge on any atom is 0.184 e. The highest BCUT2D eigenvalue weighted by Crippen LogP contribution is 2.35. The van der Waals surface area contributed by atoms with Crippen molar-refractivity contribution in [3.8, 4) is 22.5 Å². The second kappa shape index (κ2) is 5.37. The predicted molar refractivity (Wildman–Crippen MR) is 86.6 cm³/mol. The molecule has 0 aliphatic heterocycles. The number of hydrogen-bond acceptors (Lipinski definition) is 6. The first-order valence-corrected chi connectivity index (χ1v) is 7.20. The molecule has 0 fully saturated rings. The average molecular weight is 324 g/mol. The number of aryl methyl sites for hydroxylation is 1. The Kier molecular flexibility index (Phi) is 3.19. The van der Waals surface area contributed by atoms with Gasteiger partial charge in [0.15, 0.2) is 11.6 Å². The summed E-state index contributed by atoms with van der Waals surface area (Å²) in [6.07, 6.45) is 6.49. The molecule has 0 radical (unpaired) electrons. The van der Waals surface area contributed by atoms with Crippen molar-refractivity contribution >= 4 is 16.7 Å².